The predicted molar refractivity (Wildman–Crippen MR) is 290 cm³/mol. The van der Waals surface area contributed by atoms with Gasteiger partial charge < -0.3 is 9.13 Å². The van der Waals surface area contributed by atoms with Crippen molar-refractivity contribution < 1.29 is 0 Å². The highest BCUT2D eigenvalue weighted by atomic mass is 15.1. The molecule has 0 unspecified atom stereocenters. The molecule has 0 aliphatic rings. The monoisotopic (exact) mass is 892 g/mol. The number of fused-ring (bicyclic) bond motifs is 13. The SMILES string of the molecule is c1cc(-c2cccc(-n3c4ccccc4c4ccccc43)n2)cc(-n2c3ccccc3c3ccc4c5ccccc5n(-c5cccc(-c6cccc(-n7c8ccccc8c8ccccc87)n6)c5)c4c32)c1. The van der Waals surface area contributed by atoms with Gasteiger partial charge in [-0.25, -0.2) is 9.97 Å². The minimum Gasteiger partial charge on any atom is -0.307 e. The van der Waals surface area contributed by atoms with Crippen LogP contribution in [0.15, 0.2) is 243 Å². The summed E-state index contributed by atoms with van der Waals surface area (Å²) in [6, 6.07) is 87.1. The Labute approximate surface area is 401 Å². The molecular weight excluding hydrogens is 853 g/mol. The zero-order chi connectivity index (χ0) is 45.9. The first kappa shape index (κ1) is 38.6. The van der Waals surface area contributed by atoms with Crippen molar-refractivity contribution in [2.24, 2.45) is 0 Å². The molecule has 326 valence electrons. The van der Waals surface area contributed by atoms with Crippen LogP contribution in [-0.2, 0) is 0 Å². The van der Waals surface area contributed by atoms with E-state index in [2.05, 4.69) is 261 Å². The molecule has 15 rings (SSSR count). The van der Waals surface area contributed by atoms with Crippen molar-refractivity contribution >= 4 is 87.2 Å². The van der Waals surface area contributed by atoms with E-state index >= 15 is 0 Å². The van der Waals surface area contributed by atoms with Gasteiger partial charge in [0.1, 0.15) is 11.6 Å². The Balaban J connectivity index is 0.920. The van der Waals surface area contributed by atoms with Crippen LogP contribution in [0.1, 0.15) is 0 Å². The summed E-state index contributed by atoms with van der Waals surface area (Å²) in [4.78, 5) is 10.8. The molecule has 0 atom stereocenters. The number of nitrogens with zero attached hydrogens (tertiary/aromatic N) is 6. The van der Waals surface area contributed by atoms with Gasteiger partial charge in [-0.3, -0.25) is 9.13 Å². The molecule has 0 fully saturated rings. The average molecular weight is 893 g/mol. The fraction of sp³-hybridized carbons (Fsp3) is 0. The Kier molecular flexibility index (Phi) is 8.26. The molecule has 9 aromatic carbocycles. The number of hydrogen-bond acceptors (Lipinski definition) is 2. The van der Waals surface area contributed by atoms with Crippen LogP contribution in [0.3, 0.4) is 0 Å². The molecule has 0 radical (unpaired) electrons. The van der Waals surface area contributed by atoms with Crippen molar-refractivity contribution in [3.8, 4) is 45.5 Å². The van der Waals surface area contributed by atoms with E-state index in [9.17, 15) is 0 Å². The largest absolute Gasteiger partial charge is 0.307 e. The molecule has 6 aromatic heterocycles. The van der Waals surface area contributed by atoms with Gasteiger partial charge in [0.2, 0.25) is 0 Å². The molecule has 6 heterocycles. The van der Waals surface area contributed by atoms with Gasteiger partial charge in [0.05, 0.1) is 55.5 Å². The van der Waals surface area contributed by atoms with Crippen molar-refractivity contribution in [2.45, 2.75) is 0 Å². The van der Waals surface area contributed by atoms with Crippen LogP contribution >= 0.6 is 0 Å². The van der Waals surface area contributed by atoms with Crippen LogP contribution in [0, 0.1) is 0 Å². The lowest BCUT2D eigenvalue weighted by molar-refractivity contribution is 1.08. The molecule has 0 bridgehead atoms. The lowest BCUT2D eigenvalue weighted by Crippen LogP contribution is -2.01. The summed E-state index contributed by atoms with van der Waals surface area (Å²) in [6.45, 7) is 0. The first-order valence-corrected chi connectivity index (χ1v) is 23.8. The first-order valence-electron chi connectivity index (χ1n) is 23.8. The molecule has 0 saturated carbocycles. The molecule has 6 nitrogen and oxygen atoms in total. The van der Waals surface area contributed by atoms with Crippen molar-refractivity contribution in [2.75, 3.05) is 0 Å². The van der Waals surface area contributed by atoms with Gasteiger partial charge in [0.25, 0.3) is 0 Å². The summed E-state index contributed by atoms with van der Waals surface area (Å²) in [5, 5.41) is 9.67. The molecule has 0 saturated heterocycles. The van der Waals surface area contributed by atoms with Gasteiger partial charge in [-0.05, 0) is 84.9 Å². The van der Waals surface area contributed by atoms with E-state index in [0.29, 0.717) is 0 Å². The summed E-state index contributed by atoms with van der Waals surface area (Å²) in [7, 11) is 0. The van der Waals surface area contributed by atoms with Crippen LogP contribution in [0.4, 0.5) is 0 Å². The van der Waals surface area contributed by atoms with Crippen LogP contribution in [0.25, 0.3) is 133 Å². The van der Waals surface area contributed by atoms with Gasteiger partial charge >= 0.3 is 0 Å². The molecule has 0 N–H and O–H groups in total. The number of para-hydroxylation sites is 6. The summed E-state index contributed by atoms with van der Waals surface area (Å²) in [5.41, 5.74) is 15.2. The highest BCUT2D eigenvalue weighted by Crippen LogP contribution is 2.43. The highest BCUT2D eigenvalue weighted by molar-refractivity contribution is 6.24. The van der Waals surface area contributed by atoms with Crippen molar-refractivity contribution in [1.82, 2.24) is 28.2 Å². The zero-order valence-corrected chi connectivity index (χ0v) is 37.8. The maximum Gasteiger partial charge on any atom is 0.138 e. The maximum atomic E-state index is 5.39. The third kappa shape index (κ3) is 5.62. The normalized spacial score (nSPS) is 12.0. The second-order valence-electron chi connectivity index (χ2n) is 18.2. The van der Waals surface area contributed by atoms with Gasteiger partial charge in [0.15, 0.2) is 0 Å². The Morgan fingerprint density at radius 1 is 0.229 bits per heavy atom. The van der Waals surface area contributed by atoms with Crippen molar-refractivity contribution in [1.29, 1.82) is 0 Å². The van der Waals surface area contributed by atoms with E-state index in [1.807, 2.05) is 0 Å². The van der Waals surface area contributed by atoms with E-state index in [1.54, 1.807) is 0 Å². The third-order valence-electron chi connectivity index (χ3n) is 14.4. The van der Waals surface area contributed by atoms with Crippen LogP contribution in [0.5, 0.6) is 0 Å². The zero-order valence-electron chi connectivity index (χ0n) is 37.8. The van der Waals surface area contributed by atoms with Gasteiger partial charge in [-0.15, -0.1) is 0 Å². The summed E-state index contributed by atoms with van der Waals surface area (Å²) >= 11 is 0. The first-order chi connectivity index (χ1) is 34.7. The highest BCUT2D eigenvalue weighted by Gasteiger charge is 2.22. The fourth-order valence-corrected chi connectivity index (χ4v) is 11.4. The second kappa shape index (κ2) is 15.0. The molecule has 0 aliphatic carbocycles. The van der Waals surface area contributed by atoms with Crippen molar-refractivity contribution in [3.63, 3.8) is 0 Å². The Morgan fingerprint density at radius 3 is 0.886 bits per heavy atom. The topological polar surface area (TPSA) is 45.5 Å². The van der Waals surface area contributed by atoms with E-state index in [0.717, 1.165) is 89.7 Å². The molecule has 0 spiro atoms. The Hall–Kier alpha value is -9.52. The molecule has 6 heteroatoms. The quantitative estimate of drug-likeness (QED) is 0.167. The van der Waals surface area contributed by atoms with Crippen LogP contribution in [-0.4, -0.2) is 28.2 Å². The smallest absolute Gasteiger partial charge is 0.138 e. The lowest BCUT2D eigenvalue weighted by Gasteiger charge is -2.15. The number of rotatable bonds is 6. The summed E-state index contributed by atoms with van der Waals surface area (Å²) in [6.07, 6.45) is 0. The average Bonchev–Trinajstić information content (AvgIpc) is 4.16. The Morgan fingerprint density at radius 2 is 0.529 bits per heavy atom. The van der Waals surface area contributed by atoms with E-state index in [4.69, 9.17) is 9.97 Å². The van der Waals surface area contributed by atoms with E-state index in [1.165, 1.54) is 43.1 Å². The lowest BCUT2D eigenvalue weighted by atomic mass is 10.1. The number of aromatic nitrogens is 6. The summed E-state index contributed by atoms with van der Waals surface area (Å²) < 4.78 is 9.49. The summed E-state index contributed by atoms with van der Waals surface area (Å²) in [5.74, 6) is 1.78. The minimum absolute atomic E-state index is 0.888. The Bertz CT molecular complexity index is 4220. The standard InChI is InChI=1S/C64H40N6/c1-9-31-57-45(21-1)46-22-2-10-32-58(46)69(57)61-35-15-27-53(65-61)41-17-13-19-43(39-41)67-55-29-7-5-25-49(55)51-37-38-52-50-26-6-8-30-56(50)68(64(52)63(51)67)44-20-14-18-42(40-44)54-28-16-36-62(66-54)70-59-33-11-3-23-47(59)48-24-4-12-34-60(48)70/h1-40H. The number of benzene rings is 9. The predicted octanol–water partition coefficient (Wildman–Crippen LogP) is 16.2. The van der Waals surface area contributed by atoms with E-state index in [-0.39, 0.29) is 0 Å². The third-order valence-corrected chi connectivity index (χ3v) is 14.4. The van der Waals surface area contributed by atoms with Gasteiger partial charge in [-0.2, -0.15) is 0 Å². The molecule has 0 amide bonds. The van der Waals surface area contributed by atoms with Gasteiger partial charge in [-0.1, -0.05) is 158 Å². The van der Waals surface area contributed by atoms with Crippen LogP contribution < -0.4 is 0 Å². The molecule has 15 aromatic rings. The number of pyridine rings is 2. The van der Waals surface area contributed by atoms with E-state index < -0.39 is 0 Å². The molecular formula is C64H40N6. The minimum atomic E-state index is 0.888. The van der Waals surface area contributed by atoms with Crippen molar-refractivity contribution in [3.05, 3.63) is 243 Å². The maximum absolute atomic E-state index is 5.39. The van der Waals surface area contributed by atoms with Crippen LogP contribution in [0.2, 0.25) is 0 Å². The van der Waals surface area contributed by atoms with Gasteiger partial charge in [0, 0.05) is 65.6 Å². The second-order valence-corrected chi connectivity index (χ2v) is 18.2. The fourth-order valence-electron chi connectivity index (χ4n) is 11.4. The molecule has 0 aliphatic heterocycles. The molecule has 70 heavy (non-hydrogen) atoms. The number of hydrogen-bond donors (Lipinski definition) is 0.